The molecule has 0 bridgehead atoms. The number of fused-ring (bicyclic) bond motifs is 9. The fourth-order valence-corrected chi connectivity index (χ4v) is 7.52. The normalized spacial score (nSPS) is 17.5. The van der Waals surface area contributed by atoms with Crippen molar-refractivity contribution in [3.05, 3.63) is 206 Å². The molecule has 0 saturated heterocycles. The average Bonchev–Trinajstić information content (AvgIpc) is 4.15. The minimum Gasteiger partial charge on any atom is -0.456 e. The van der Waals surface area contributed by atoms with Gasteiger partial charge in [-0.1, -0.05) is 133 Å². The van der Waals surface area contributed by atoms with E-state index in [9.17, 15) is 15.1 Å². The van der Waals surface area contributed by atoms with Gasteiger partial charge in [-0.05, 0) is 99.9 Å². The summed E-state index contributed by atoms with van der Waals surface area (Å²) < 4.78 is 219. The second-order valence-corrected chi connectivity index (χ2v) is 13.1. The second kappa shape index (κ2) is 12.5. The van der Waals surface area contributed by atoms with E-state index < -0.39 is 166 Å². The molecule has 9 aromatic carbocycles. The number of benzene rings is 9. The van der Waals surface area contributed by atoms with Gasteiger partial charge in [0.05, 0.1) is 53.6 Å². The third-order valence-corrected chi connectivity index (χ3v) is 9.95. The Bertz CT molecular complexity index is 4870. The lowest BCUT2D eigenvalue weighted by atomic mass is 9.96. The molecule has 0 spiro atoms. The van der Waals surface area contributed by atoms with Crippen molar-refractivity contribution in [3.8, 4) is 44.8 Å². The van der Waals surface area contributed by atoms with Crippen molar-refractivity contribution in [3.63, 3.8) is 0 Å². The molecule has 0 aliphatic rings. The van der Waals surface area contributed by atoms with Crippen molar-refractivity contribution >= 4 is 65.6 Å². The standard InChI is InChI=1S/C54H34N2O/c1-3-14-35(15-4-1)36-16-11-17-37(32-36)42-23-13-27-51-54(42)45-30-29-40(34-52(45)57-51)56-47-24-9-7-20-43(47)46-33-38(28-31-49(46)56)41-22-12-26-50-53(41)44-21-8-10-25-48(44)55(50)39-18-5-2-6-19-39/h1-34H/i3D,7D,8D,9D,10D,11D,12D,13D,15D,16D,20D,22D,23D,24D,25D,26D,27D,28D,29D,30D,31D,32D,33D. The summed E-state index contributed by atoms with van der Waals surface area (Å²) in [5.74, 6) is 0. The fourth-order valence-electron chi connectivity index (χ4n) is 7.52. The molecule has 3 nitrogen and oxygen atoms in total. The van der Waals surface area contributed by atoms with E-state index in [-0.39, 0.29) is 78.1 Å². The molecular formula is C54H34N2O. The van der Waals surface area contributed by atoms with E-state index in [4.69, 9.17) is 20.9 Å². The van der Waals surface area contributed by atoms with Gasteiger partial charge in [-0.25, -0.2) is 0 Å². The van der Waals surface area contributed by atoms with Crippen molar-refractivity contribution < 1.29 is 35.9 Å². The monoisotopic (exact) mass is 749 g/mol. The lowest BCUT2D eigenvalue weighted by Gasteiger charge is -2.10. The van der Waals surface area contributed by atoms with E-state index in [0.717, 1.165) is 16.7 Å². The summed E-state index contributed by atoms with van der Waals surface area (Å²) in [5, 5.41) is -1.34. The smallest absolute Gasteiger partial charge is 0.137 e. The largest absolute Gasteiger partial charge is 0.456 e. The van der Waals surface area contributed by atoms with Crippen LogP contribution in [0.2, 0.25) is 0 Å². The first-order chi connectivity index (χ1) is 37.8. The molecule has 12 rings (SSSR count). The summed E-state index contributed by atoms with van der Waals surface area (Å²) in [6.45, 7) is 0. The zero-order chi connectivity index (χ0) is 57.5. The first-order valence-electron chi connectivity index (χ1n) is 29.1. The lowest BCUT2D eigenvalue weighted by Crippen LogP contribution is -1.93. The van der Waals surface area contributed by atoms with Gasteiger partial charge in [-0.15, -0.1) is 0 Å². The van der Waals surface area contributed by atoms with Gasteiger partial charge in [0.1, 0.15) is 11.2 Å². The molecule has 0 radical (unpaired) electrons. The molecule has 57 heavy (non-hydrogen) atoms. The minimum atomic E-state index is -0.800. The molecule has 0 aliphatic heterocycles. The minimum absolute atomic E-state index is 0.00398. The van der Waals surface area contributed by atoms with Crippen LogP contribution in [0.3, 0.4) is 0 Å². The Kier molecular flexibility index (Phi) is 3.63. The number of hydrogen-bond donors (Lipinski definition) is 0. The molecule has 3 aromatic heterocycles. The third-order valence-electron chi connectivity index (χ3n) is 9.95. The Labute approximate surface area is 361 Å². The molecule has 0 unspecified atom stereocenters. The van der Waals surface area contributed by atoms with E-state index in [2.05, 4.69) is 0 Å². The number of nitrogens with zero attached hydrogens (tertiary/aromatic N) is 2. The summed E-state index contributed by atoms with van der Waals surface area (Å²) in [6, 6.07) is 1.82. The van der Waals surface area contributed by atoms with Crippen LogP contribution < -0.4 is 0 Å². The molecule has 12 aromatic rings. The second-order valence-electron chi connectivity index (χ2n) is 13.1. The van der Waals surface area contributed by atoms with E-state index in [1.807, 2.05) is 0 Å². The molecule has 3 heteroatoms. The van der Waals surface area contributed by atoms with Crippen LogP contribution in [-0.2, 0) is 0 Å². The van der Waals surface area contributed by atoms with Crippen molar-refractivity contribution in [1.82, 2.24) is 9.13 Å². The van der Waals surface area contributed by atoms with Crippen LogP contribution in [0.25, 0.3) is 110 Å². The number of hydrogen-bond acceptors (Lipinski definition) is 1. The number of para-hydroxylation sites is 3. The van der Waals surface area contributed by atoms with Gasteiger partial charge < -0.3 is 13.6 Å². The van der Waals surface area contributed by atoms with Crippen LogP contribution in [0, 0.1) is 0 Å². The molecule has 0 atom stereocenters. The molecule has 0 saturated carbocycles. The zero-order valence-corrected chi connectivity index (χ0v) is 29.2. The highest BCUT2D eigenvalue weighted by atomic mass is 16.3. The van der Waals surface area contributed by atoms with Crippen LogP contribution in [0.15, 0.2) is 210 Å². The Morgan fingerprint density at radius 3 is 2.07 bits per heavy atom. The predicted octanol–water partition coefficient (Wildman–Crippen LogP) is 14.8. The van der Waals surface area contributed by atoms with Gasteiger partial charge in [0.25, 0.3) is 0 Å². The number of furan rings is 1. The maximum atomic E-state index is 10.1. The van der Waals surface area contributed by atoms with E-state index in [1.165, 1.54) is 28.8 Å². The molecule has 266 valence electrons. The maximum Gasteiger partial charge on any atom is 0.137 e. The van der Waals surface area contributed by atoms with Crippen molar-refractivity contribution in [2.75, 3.05) is 0 Å². The Balaban J connectivity index is 1.21. The van der Waals surface area contributed by atoms with E-state index >= 15 is 0 Å². The summed E-state index contributed by atoms with van der Waals surface area (Å²) in [4.78, 5) is 0. The average molecular weight is 750 g/mol. The molecule has 0 aliphatic carbocycles. The Morgan fingerprint density at radius 2 is 1.14 bits per heavy atom. The van der Waals surface area contributed by atoms with Crippen molar-refractivity contribution in [1.29, 1.82) is 0 Å². The molecule has 0 N–H and O–H groups in total. The van der Waals surface area contributed by atoms with Gasteiger partial charge in [0.15, 0.2) is 0 Å². The van der Waals surface area contributed by atoms with Crippen LogP contribution in [0.1, 0.15) is 31.5 Å². The lowest BCUT2D eigenvalue weighted by molar-refractivity contribution is 0.668. The third kappa shape index (κ3) is 4.86. The van der Waals surface area contributed by atoms with Gasteiger partial charge in [-0.2, -0.15) is 0 Å². The van der Waals surface area contributed by atoms with Crippen LogP contribution in [-0.4, -0.2) is 9.13 Å². The summed E-state index contributed by atoms with van der Waals surface area (Å²) in [5.41, 5.74) is -3.51. The van der Waals surface area contributed by atoms with Gasteiger partial charge in [0.2, 0.25) is 0 Å². The molecule has 0 amide bonds. The Morgan fingerprint density at radius 1 is 0.368 bits per heavy atom. The van der Waals surface area contributed by atoms with Crippen molar-refractivity contribution in [2.45, 2.75) is 0 Å². The molecule has 3 heterocycles. The van der Waals surface area contributed by atoms with E-state index in [0.29, 0.717) is 5.69 Å². The highest BCUT2D eigenvalue weighted by molar-refractivity contribution is 6.18. The quantitative estimate of drug-likeness (QED) is 0.172. The summed E-state index contributed by atoms with van der Waals surface area (Å²) in [7, 11) is 0. The van der Waals surface area contributed by atoms with Gasteiger partial charge in [-0.3, -0.25) is 0 Å². The Hall–Kier alpha value is -7.62. The summed E-state index contributed by atoms with van der Waals surface area (Å²) in [6.07, 6.45) is 0. The van der Waals surface area contributed by atoms with E-state index in [1.54, 1.807) is 30.3 Å². The number of aromatic nitrogens is 2. The fraction of sp³-hybridized carbons (Fsp3) is 0. The van der Waals surface area contributed by atoms with Crippen LogP contribution in [0.4, 0.5) is 0 Å². The van der Waals surface area contributed by atoms with Crippen LogP contribution >= 0.6 is 0 Å². The number of rotatable bonds is 5. The zero-order valence-electron chi connectivity index (χ0n) is 52.2. The van der Waals surface area contributed by atoms with Gasteiger partial charge >= 0.3 is 0 Å². The topological polar surface area (TPSA) is 23.0 Å². The predicted molar refractivity (Wildman–Crippen MR) is 239 cm³/mol. The highest BCUT2D eigenvalue weighted by Crippen LogP contribution is 2.43. The summed E-state index contributed by atoms with van der Waals surface area (Å²) >= 11 is 0. The van der Waals surface area contributed by atoms with Crippen molar-refractivity contribution in [2.24, 2.45) is 0 Å². The van der Waals surface area contributed by atoms with Crippen LogP contribution in [0.5, 0.6) is 0 Å². The molecule has 0 fully saturated rings. The SMILES string of the molecule is [2H]c1ccc([2H])c(-c2c([2H])c([2H])cc(-c3c([2H])c([2H])c([2H])c4oc5cc(-n6c7c([2H])c([2H])c([2H])c([2H])c7c7c([2H])c(-c8c([2H])c([2H])c([2H])c9c8c8cc([2H])c([2H])c([2H])c8n9-c8ccccc8)c([2H])c([2H])c76)c([2H])c([2H])c5c34)c2[2H])c1. The highest BCUT2D eigenvalue weighted by Gasteiger charge is 2.20. The molecular weight excluding hydrogens is 693 g/mol. The van der Waals surface area contributed by atoms with Gasteiger partial charge in [0, 0.05) is 49.8 Å². The first kappa shape index (κ1) is 16.6. The maximum absolute atomic E-state index is 10.1. The first-order valence-corrected chi connectivity index (χ1v) is 17.6.